The zero-order valence-corrected chi connectivity index (χ0v) is 7.05. The van der Waals surface area contributed by atoms with Crippen molar-refractivity contribution in [1.29, 1.82) is 0 Å². The normalized spacial score (nSPS) is 21.4. The average Bonchev–Trinajstić information content (AvgIpc) is 1.95. The molecule has 0 unspecified atom stereocenters. The minimum atomic E-state index is -0.483. The average molecular weight is 152 g/mol. The first-order valence-corrected chi connectivity index (χ1v) is 3.56. The minimum Gasteiger partial charge on any atom is -0.500 e. The van der Waals surface area contributed by atoms with Crippen molar-refractivity contribution in [1.82, 2.24) is 0 Å². The van der Waals surface area contributed by atoms with Crippen LogP contribution in [-0.4, -0.2) is 12.9 Å². The standard InChI is InChI=1S/C9H12O2/c1-9(2)7(10)5-4-6-8(9)11-3/h4-6H,1-3H3. The Kier molecular flexibility index (Phi) is 1.85. The molecule has 0 atom stereocenters. The maximum absolute atomic E-state index is 11.3. The van der Waals surface area contributed by atoms with E-state index >= 15 is 0 Å². The monoisotopic (exact) mass is 152 g/mol. The first-order chi connectivity index (χ1) is 5.09. The Bertz CT molecular complexity index is 234. The molecule has 0 spiro atoms. The summed E-state index contributed by atoms with van der Waals surface area (Å²) in [6.07, 6.45) is 5.11. The van der Waals surface area contributed by atoms with Crippen molar-refractivity contribution in [3.63, 3.8) is 0 Å². The van der Waals surface area contributed by atoms with Crippen LogP contribution in [0.15, 0.2) is 24.0 Å². The van der Waals surface area contributed by atoms with Gasteiger partial charge in [0.05, 0.1) is 12.5 Å². The molecule has 0 bridgehead atoms. The predicted octanol–water partition coefficient (Wildman–Crippen LogP) is 1.68. The van der Waals surface area contributed by atoms with Crippen LogP contribution in [-0.2, 0) is 9.53 Å². The Morgan fingerprint density at radius 2 is 2.09 bits per heavy atom. The number of hydrogen-bond donors (Lipinski definition) is 0. The zero-order valence-electron chi connectivity index (χ0n) is 7.05. The van der Waals surface area contributed by atoms with Crippen molar-refractivity contribution in [3.05, 3.63) is 24.0 Å². The molecule has 0 aliphatic heterocycles. The third kappa shape index (κ3) is 1.20. The van der Waals surface area contributed by atoms with Crippen LogP contribution < -0.4 is 0 Å². The van der Waals surface area contributed by atoms with Crippen LogP contribution >= 0.6 is 0 Å². The molecule has 2 heteroatoms. The molecule has 0 radical (unpaired) electrons. The van der Waals surface area contributed by atoms with Gasteiger partial charge in [-0.3, -0.25) is 4.79 Å². The van der Waals surface area contributed by atoms with E-state index in [2.05, 4.69) is 0 Å². The van der Waals surface area contributed by atoms with Crippen LogP contribution in [0, 0.1) is 5.41 Å². The third-order valence-electron chi connectivity index (χ3n) is 1.95. The van der Waals surface area contributed by atoms with Crippen LogP contribution in [0.2, 0.25) is 0 Å². The maximum Gasteiger partial charge on any atom is 0.168 e. The molecule has 2 nitrogen and oxygen atoms in total. The molecule has 0 fully saturated rings. The van der Waals surface area contributed by atoms with E-state index in [-0.39, 0.29) is 5.78 Å². The summed E-state index contributed by atoms with van der Waals surface area (Å²) < 4.78 is 5.07. The van der Waals surface area contributed by atoms with Gasteiger partial charge in [0.1, 0.15) is 5.76 Å². The summed E-state index contributed by atoms with van der Waals surface area (Å²) in [4.78, 5) is 11.3. The van der Waals surface area contributed by atoms with E-state index in [1.807, 2.05) is 19.9 Å². The van der Waals surface area contributed by atoms with Crippen molar-refractivity contribution in [2.45, 2.75) is 13.8 Å². The summed E-state index contributed by atoms with van der Waals surface area (Å²) in [5, 5.41) is 0. The highest BCUT2D eigenvalue weighted by molar-refractivity contribution is 5.97. The van der Waals surface area contributed by atoms with Crippen LogP contribution in [0.25, 0.3) is 0 Å². The summed E-state index contributed by atoms with van der Waals surface area (Å²) in [6, 6.07) is 0. The highest BCUT2D eigenvalue weighted by Crippen LogP contribution is 2.30. The number of ether oxygens (including phenoxy) is 1. The van der Waals surface area contributed by atoms with Crippen molar-refractivity contribution < 1.29 is 9.53 Å². The van der Waals surface area contributed by atoms with Crippen LogP contribution in [0.1, 0.15) is 13.8 Å². The molecular formula is C9H12O2. The summed E-state index contributed by atoms with van der Waals surface area (Å²) in [7, 11) is 1.58. The lowest BCUT2D eigenvalue weighted by molar-refractivity contribution is -0.122. The summed E-state index contributed by atoms with van der Waals surface area (Å²) in [6.45, 7) is 3.71. The van der Waals surface area contributed by atoms with Crippen molar-refractivity contribution in [3.8, 4) is 0 Å². The van der Waals surface area contributed by atoms with Gasteiger partial charge < -0.3 is 4.74 Å². The highest BCUT2D eigenvalue weighted by Gasteiger charge is 2.32. The topological polar surface area (TPSA) is 26.3 Å². The van der Waals surface area contributed by atoms with Gasteiger partial charge in [-0.25, -0.2) is 0 Å². The number of allylic oxidation sites excluding steroid dienone is 4. The molecule has 0 saturated heterocycles. The van der Waals surface area contributed by atoms with Crippen LogP contribution in [0.3, 0.4) is 0 Å². The molecule has 0 aromatic heterocycles. The number of hydrogen-bond acceptors (Lipinski definition) is 2. The summed E-state index contributed by atoms with van der Waals surface area (Å²) in [5.74, 6) is 0.821. The van der Waals surface area contributed by atoms with E-state index < -0.39 is 5.41 Å². The molecule has 0 heterocycles. The fourth-order valence-corrected chi connectivity index (χ4v) is 1.08. The number of methoxy groups -OCH3 is 1. The smallest absolute Gasteiger partial charge is 0.168 e. The van der Waals surface area contributed by atoms with E-state index in [0.717, 1.165) is 5.76 Å². The van der Waals surface area contributed by atoms with Gasteiger partial charge in [0, 0.05) is 0 Å². The lowest BCUT2D eigenvalue weighted by Crippen LogP contribution is -2.27. The number of ketones is 1. The van der Waals surface area contributed by atoms with Crippen LogP contribution in [0.4, 0.5) is 0 Å². The van der Waals surface area contributed by atoms with E-state index in [9.17, 15) is 4.79 Å². The lowest BCUT2D eigenvalue weighted by Gasteiger charge is -2.25. The van der Waals surface area contributed by atoms with Gasteiger partial charge >= 0.3 is 0 Å². The van der Waals surface area contributed by atoms with Gasteiger partial charge in [-0.15, -0.1) is 0 Å². The molecule has 11 heavy (non-hydrogen) atoms. The van der Waals surface area contributed by atoms with E-state index in [1.165, 1.54) is 0 Å². The van der Waals surface area contributed by atoms with Crippen LogP contribution in [0.5, 0.6) is 0 Å². The van der Waals surface area contributed by atoms with Crippen molar-refractivity contribution in [2.75, 3.05) is 7.11 Å². The molecule has 1 aliphatic carbocycles. The maximum atomic E-state index is 11.3. The first-order valence-electron chi connectivity index (χ1n) is 3.56. The van der Waals surface area contributed by atoms with Gasteiger partial charge in [0.15, 0.2) is 5.78 Å². The highest BCUT2D eigenvalue weighted by atomic mass is 16.5. The molecule has 60 valence electrons. The fraction of sp³-hybridized carbons (Fsp3) is 0.444. The summed E-state index contributed by atoms with van der Waals surface area (Å²) >= 11 is 0. The Morgan fingerprint density at radius 3 is 2.55 bits per heavy atom. The number of carbonyl (C=O) groups excluding carboxylic acids is 1. The molecule has 0 aromatic carbocycles. The molecule has 1 aliphatic rings. The van der Waals surface area contributed by atoms with Gasteiger partial charge in [-0.2, -0.15) is 0 Å². The van der Waals surface area contributed by atoms with Crippen molar-refractivity contribution in [2.24, 2.45) is 5.41 Å². The number of carbonyl (C=O) groups is 1. The van der Waals surface area contributed by atoms with Gasteiger partial charge in [-0.1, -0.05) is 6.08 Å². The van der Waals surface area contributed by atoms with Crippen molar-refractivity contribution >= 4 is 5.78 Å². The van der Waals surface area contributed by atoms with E-state index in [1.54, 1.807) is 19.3 Å². The van der Waals surface area contributed by atoms with Gasteiger partial charge in [0.2, 0.25) is 0 Å². The lowest BCUT2D eigenvalue weighted by atomic mass is 9.83. The summed E-state index contributed by atoms with van der Waals surface area (Å²) in [5.41, 5.74) is -0.483. The largest absolute Gasteiger partial charge is 0.500 e. The Hall–Kier alpha value is -1.05. The molecule has 1 rings (SSSR count). The quantitative estimate of drug-likeness (QED) is 0.571. The Balaban J connectivity index is 3.01. The molecular weight excluding hydrogens is 140 g/mol. The SMILES string of the molecule is COC1=CC=CC(=O)C1(C)C. The van der Waals surface area contributed by atoms with E-state index in [0.29, 0.717) is 0 Å². The number of rotatable bonds is 1. The Labute approximate surface area is 66.5 Å². The molecule has 0 N–H and O–H groups in total. The second-order valence-electron chi connectivity index (χ2n) is 3.08. The van der Waals surface area contributed by atoms with Gasteiger partial charge in [-0.05, 0) is 26.0 Å². The molecule has 0 aromatic rings. The second-order valence-corrected chi connectivity index (χ2v) is 3.08. The molecule has 0 amide bonds. The fourth-order valence-electron chi connectivity index (χ4n) is 1.08. The minimum absolute atomic E-state index is 0.0943. The first kappa shape index (κ1) is 8.05. The zero-order chi connectivity index (χ0) is 8.48. The Morgan fingerprint density at radius 1 is 1.45 bits per heavy atom. The molecule has 0 saturated carbocycles. The third-order valence-corrected chi connectivity index (χ3v) is 1.95. The second kappa shape index (κ2) is 2.53. The van der Waals surface area contributed by atoms with Gasteiger partial charge in [0.25, 0.3) is 0 Å². The predicted molar refractivity (Wildman–Crippen MR) is 43.0 cm³/mol. The van der Waals surface area contributed by atoms with E-state index in [4.69, 9.17) is 4.74 Å².